The molecule has 0 amide bonds. The summed E-state index contributed by atoms with van der Waals surface area (Å²) >= 11 is 0. The largest absolute Gasteiger partial charge is 0.481 e. The highest BCUT2D eigenvalue weighted by Gasteiger charge is 2.46. The number of rotatable bonds is 41. The van der Waals surface area contributed by atoms with E-state index < -0.39 is 83.7 Å². The fraction of sp³-hybridized carbons (Fsp3) is 0.660. The fourth-order valence-corrected chi connectivity index (χ4v) is 9.18. The molecule has 21 heteroatoms. The molecule has 0 spiro atoms. The van der Waals surface area contributed by atoms with Crippen molar-refractivity contribution >= 4 is 39.2 Å². The van der Waals surface area contributed by atoms with E-state index in [9.17, 15) is 48.3 Å². The lowest BCUT2D eigenvalue weighted by Crippen LogP contribution is -2.36. The van der Waals surface area contributed by atoms with E-state index in [0.717, 1.165) is 68.6 Å². The lowest BCUT2D eigenvalue weighted by molar-refractivity contribution is -0.161. The number of aliphatic hydroxyl groups excluding tert-OH is 2. The van der Waals surface area contributed by atoms with E-state index >= 15 is 0 Å². The van der Waals surface area contributed by atoms with Gasteiger partial charge in [0.25, 0.3) is 0 Å². The van der Waals surface area contributed by atoms with Crippen LogP contribution in [-0.2, 0) is 51.1 Å². The number of unbranched alkanes of at least 4 members (excludes halogenated alkanes) is 14. The second kappa shape index (κ2) is 37.8. The van der Waals surface area contributed by atoms with Gasteiger partial charge in [-0.25, -0.2) is 13.9 Å². The van der Waals surface area contributed by atoms with Crippen LogP contribution in [0.15, 0.2) is 77.8 Å². The van der Waals surface area contributed by atoms with Gasteiger partial charge in [0.15, 0.2) is 18.1 Å². The average molecular weight is 1040 g/mol. The first kappa shape index (κ1) is 63.2. The molecule has 7 atom stereocenters. The van der Waals surface area contributed by atoms with Crippen molar-refractivity contribution in [2.75, 3.05) is 25.6 Å². The zero-order valence-electron chi connectivity index (χ0n) is 41.8. The Morgan fingerprint density at radius 2 is 1.28 bits per heavy atom. The maximum absolute atomic E-state index is 12.8. The first-order valence-electron chi connectivity index (χ1n) is 25.3. The maximum atomic E-state index is 12.8. The Balaban J connectivity index is 1.85. The Bertz CT molecular complexity index is 1990. The van der Waals surface area contributed by atoms with Gasteiger partial charge in [-0.05, 0) is 76.4 Å². The van der Waals surface area contributed by atoms with E-state index in [1.807, 2.05) is 18.2 Å². The fourth-order valence-electron chi connectivity index (χ4n) is 7.07. The lowest BCUT2D eigenvalue weighted by Gasteiger charge is -2.21. The number of phosphoric ester groups is 2. The first-order chi connectivity index (χ1) is 34.1. The number of aliphatic hydroxyl groups is 2. The SMILES string of the molecule is CCCCC/C=C\C=C\C(=O)CCCCCCCC(=O)OC[C@H](COP(=O)(O)OP(=O)(O)OC[C@H]1O[C@@H](n2ccc(N)nc2=O)[C@H](O)[C@@H]1O)OC(=O)CCC/C=C\C/C=C\C/C=C\CCCCCCCC. The third-order valence-corrected chi connectivity index (χ3v) is 13.7. The number of carbonyl (C=O) groups excluding carboxylic acids is 3. The van der Waals surface area contributed by atoms with Gasteiger partial charge in [-0.1, -0.05) is 133 Å². The van der Waals surface area contributed by atoms with Crippen molar-refractivity contribution in [3.05, 3.63) is 83.5 Å². The van der Waals surface area contributed by atoms with Gasteiger partial charge in [0, 0.05) is 25.5 Å². The highest BCUT2D eigenvalue weighted by molar-refractivity contribution is 7.61. The van der Waals surface area contributed by atoms with Crippen LogP contribution < -0.4 is 11.4 Å². The van der Waals surface area contributed by atoms with Crippen molar-refractivity contribution in [2.45, 2.75) is 192 Å². The number of ether oxygens (including phenoxy) is 3. The van der Waals surface area contributed by atoms with Crippen LogP contribution in [0.5, 0.6) is 0 Å². The minimum atomic E-state index is -5.46. The summed E-state index contributed by atoms with van der Waals surface area (Å²) in [6, 6.07) is 1.24. The van der Waals surface area contributed by atoms with Gasteiger partial charge in [0.2, 0.25) is 0 Å². The molecule has 1 fully saturated rings. The minimum Gasteiger partial charge on any atom is -0.462 e. The van der Waals surface area contributed by atoms with Crippen molar-refractivity contribution in [1.82, 2.24) is 9.55 Å². The minimum absolute atomic E-state index is 0.0304. The Labute approximate surface area is 419 Å². The van der Waals surface area contributed by atoms with Gasteiger partial charge in [0.1, 0.15) is 30.7 Å². The number of nitrogens with two attached hydrogens (primary N) is 1. The number of nitrogen functional groups attached to an aromatic ring is 1. The second-order valence-corrected chi connectivity index (χ2v) is 20.4. The number of ketones is 1. The molecule has 0 saturated carbocycles. The van der Waals surface area contributed by atoms with Crippen LogP contribution >= 0.6 is 15.6 Å². The third kappa shape index (κ3) is 30.7. The van der Waals surface area contributed by atoms with Gasteiger partial charge >= 0.3 is 33.3 Å². The molecule has 1 aliphatic rings. The Kier molecular flexibility index (Phi) is 33.7. The first-order valence-corrected chi connectivity index (χ1v) is 28.2. The molecule has 71 heavy (non-hydrogen) atoms. The van der Waals surface area contributed by atoms with Crippen molar-refractivity contribution in [2.24, 2.45) is 0 Å². The normalized spacial score (nSPS) is 19.6. The standard InChI is InChI=1S/C50H81N3O16P2/c1-3-5-7-9-11-12-13-14-15-16-17-18-19-20-22-26-31-35-46(56)67-42(38-64-45(55)34-30-27-23-25-29-33-41(54)32-28-24-21-10-8-6-4-2)39-65-70(60,61)69-71(62,63)66-40-43-47(57)48(58)49(68-43)53-37-36-44(51)52-50(53)59/h14-15,17-18,20-22,24,28,32,36-37,42-43,47-49,57-58H,3-13,16,19,23,25-27,29-31,33-35,38-40H2,1-2H3,(H,60,61)(H,62,63)(H2,51,52,59)/b15-14-,18-17-,22-20-,24-21-,32-28+/t42-,43-,47-,48-,49-/m1/s1. The quantitative estimate of drug-likeness (QED) is 0.0102. The Morgan fingerprint density at radius 1 is 0.718 bits per heavy atom. The number of phosphoric acid groups is 2. The number of allylic oxidation sites excluding steroid dienone is 10. The Hall–Kier alpha value is -3.87. The molecule has 0 aromatic carbocycles. The molecule has 0 aliphatic carbocycles. The van der Waals surface area contributed by atoms with Crippen LogP contribution in [0.4, 0.5) is 5.82 Å². The molecule has 1 aliphatic heterocycles. The van der Waals surface area contributed by atoms with Crippen LogP contribution in [0.25, 0.3) is 0 Å². The predicted molar refractivity (Wildman–Crippen MR) is 271 cm³/mol. The summed E-state index contributed by atoms with van der Waals surface area (Å²) < 4.78 is 56.6. The smallest absolute Gasteiger partial charge is 0.462 e. The molecular weight excluding hydrogens is 961 g/mol. The molecule has 6 N–H and O–H groups in total. The topological polar surface area (TPSA) is 283 Å². The number of nitrogens with zero attached hydrogens (tertiary/aromatic N) is 2. The molecule has 2 unspecified atom stereocenters. The summed E-state index contributed by atoms with van der Waals surface area (Å²) in [4.78, 5) is 74.0. The summed E-state index contributed by atoms with van der Waals surface area (Å²) in [5.74, 6) is -1.41. The Morgan fingerprint density at radius 3 is 1.97 bits per heavy atom. The third-order valence-electron chi connectivity index (χ3n) is 11.1. The summed E-state index contributed by atoms with van der Waals surface area (Å²) in [5.41, 5.74) is 4.57. The monoisotopic (exact) mass is 1040 g/mol. The van der Waals surface area contributed by atoms with Crippen molar-refractivity contribution in [1.29, 1.82) is 0 Å². The molecule has 0 radical (unpaired) electrons. The molecule has 2 heterocycles. The van der Waals surface area contributed by atoms with E-state index in [1.54, 1.807) is 12.2 Å². The molecule has 402 valence electrons. The molecular formula is C50H81N3O16P2. The number of esters is 2. The molecule has 0 bridgehead atoms. The number of carbonyl (C=O) groups is 3. The number of anilines is 1. The van der Waals surface area contributed by atoms with E-state index in [1.165, 1.54) is 51.0 Å². The summed E-state index contributed by atoms with van der Waals surface area (Å²) in [7, 11) is -10.9. The summed E-state index contributed by atoms with van der Waals surface area (Å²) in [5, 5.41) is 20.9. The number of hydrogen-bond donors (Lipinski definition) is 5. The van der Waals surface area contributed by atoms with Crippen LogP contribution in [0.1, 0.15) is 168 Å². The van der Waals surface area contributed by atoms with Crippen LogP contribution in [0.3, 0.4) is 0 Å². The highest BCUT2D eigenvalue weighted by atomic mass is 31.3. The van der Waals surface area contributed by atoms with Crippen molar-refractivity contribution in [3.63, 3.8) is 0 Å². The van der Waals surface area contributed by atoms with Gasteiger partial charge in [0.05, 0.1) is 13.2 Å². The van der Waals surface area contributed by atoms with Crippen LogP contribution in [-0.4, -0.2) is 91.5 Å². The predicted octanol–water partition coefficient (Wildman–Crippen LogP) is 9.51. The highest BCUT2D eigenvalue weighted by Crippen LogP contribution is 2.60. The lowest BCUT2D eigenvalue weighted by atomic mass is 10.1. The molecule has 19 nitrogen and oxygen atoms in total. The average Bonchev–Trinajstić information content (AvgIpc) is 3.60. The van der Waals surface area contributed by atoms with Crippen molar-refractivity contribution < 1.29 is 71.1 Å². The van der Waals surface area contributed by atoms with E-state index in [2.05, 4.69) is 53.5 Å². The second-order valence-electron chi connectivity index (χ2n) is 17.3. The number of hydrogen-bond acceptors (Lipinski definition) is 16. The van der Waals surface area contributed by atoms with Gasteiger partial charge in [-0.2, -0.15) is 9.29 Å². The van der Waals surface area contributed by atoms with Crippen molar-refractivity contribution in [3.8, 4) is 0 Å². The molecule has 1 aromatic heterocycles. The summed E-state index contributed by atoms with van der Waals surface area (Å²) in [6.45, 7) is 1.93. The van der Waals surface area contributed by atoms with E-state index in [0.29, 0.717) is 32.1 Å². The van der Waals surface area contributed by atoms with Crippen LogP contribution in [0.2, 0.25) is 0 Å². The van der Waals surface area contributed by atoms with Crippen LogP contribution in [0, 0.1) is 0 Å². The van der Waals surface area contributed by atoms with Gasteiger partial charge in [-0.15, -0.1) is 0 Å². The summed E-state index contributed by atoms with van der Waals surface area (Å²) in [6.07, 6.45) is 32.8. The zero-order chi connectivity index (χ0) is 52.2. The maximum Gasteiger partial charge on any atom is 0.481 e. The van der Waals surface area contributed by atoms with E-state index in [-0.39, 0.29) is 24.4 Å². The molecule has 1 saturated heterocycles. The zero-order valence-corrected chi connectivity index (χ0v) is 43.5. The number of aromatic nitrogens is 2. The van der Waals surface area contributed by atoms with E-state index in [4.69, 9.17) is 29.0 Å². The molecule has 1 aromatic rings. The van der Waals surface area contributed by atoms with Gasteiger partial charge in [-0.3, -0.25) is 28.0 Å². The van der Waals surface area contributed by atoms with Gasteiger partial charge < -0.3 is 39.9 Å². The molecule has 2 rings (SSSR count).